The number of nitrogens with one attached hydrogen (secondary N) is 3. The molecule has 4 atom stereocenters. The van der Waals surface area contributed by atoms with E-state index >= 15 is 4.39 Å². The lowest BCUT2D eigenvalue weighted by atomic mass is 9.87. The van der Waals surface area contributed by atoms with E-state index in [1.54, 1.807) is 25.3 Å². The number of H-pyrrole nitrogens is 1. The van der Waals surface area contributed by atoms with Gasteiger partial charge in [0.2, 0.25) is 5.91 Å². The lowest BCUT2D eigenvalue weighted by Crippen LogP contribution is -2.56. The molecule has 0 aliphatic heterocycles. The highest BCUT2D eigenvalue weighted by molar-refractivity contribution is 6.31. The fraction of sp³-hybridized carbons (Fsp3) is 0.481. The molecule has 210 valence electrons. The molecule has 39 heavy (non-hydrogen) atoms. The van der Waals surface area contributed by atoms with Gasteiger partial charge in [-0.2, -0.15) is 0 Å². The third kappa shape index (κ3) is 6.73. The molecule has 3 aromatic rings. The van der Waals surface area contributed by atoms with Crippen molar-refractivity contribution in [2.24, 2.45) is 0 Å². The second-order valence-electron chi connectivity index (χ2n) is 9.41. The van der Waals surface area contributed by atoms with Crippen LogP contribution in [0.2, 0.25) is 5.02 Å². The van der Waals surface area contributed by atoms with Crippen molar-refractivity contribution >= 4 is 34.4 Å². The number of anilines is 1. The Kier molecular flexibility index (Phi) is 9.49. The van der Waals surface area contributed by atoms with Crippen LogP contribution in [0.3, 0.4) is 0 Å². The Hall–Kier alpha value is -3.12. The Bertz CT molecular complexity index is 1330. The van der Waals surface area contributed by atoms with Crippen LogP contribution in [0.5, 0.6) is 0 Å². The number of amides is 1. The first kappa shape index (κ1) is 28.9. The third-order valence-corrected chi connectivity index (χ3v) is 6.90. The molecule has 0 spiro atoms. The molecule has 0 radical (unpaired) electrons. The van der Waals surface area contributed by atoms with Gasteiger partial charge < -0.3 is 30.2 Å². The molecule has 1 aliphatic carbocycles. The van der Waals surface area contributed by atoms with Crippen molar-refractivity contribution < 1.29 is 23.8 Å². The standard InChI is InChI=1S/C27H34ClFN6O4/c1-5-17(6-2)39-22-9-15(27(37)38-7-3)8-21(23(22)33-14(4)36)34-26-20(29)13-32-25(35-26)19-12-31-24-18(19)10-16(28)11-30-24/h8,10-13,17,21-23,27,37H,5-7,9H2,1-4H3,(H,30,31)(H,33,36)(H,32,34,35). The van der Waals surface area contributed by atoms with Gasteiger partial charge in [0.25, 0.3) is 0 Å². The summed E-state index contributed by atoms with van der Waals surface area (Å²) in [6.07, 6.45) is 6.19. The molecule has 3 aromatic heterocycles. The molecular weight excluding hydrogens is 527 g/mol. The van der Waals surface area contributed by atoms with Gasteiger partial charge in [0, 0.05) is 43.3 Å². The lowest BCUT2D eigenvalue weighted by Gasteiger charge is -2.40. The van der Waals surface area contributed by atoms with Crippen molar-refractivity contribution in [2.75, 3.05) is 11.9 Å². The number of hydrogen-bond donors (Lipinski definition) is 4. The Labute approximate surface area is 231 Å². The van der Waals surface area contributed by atoms with Gasteiger partial charge in [-0.1, -0.05) is 31.5 Å². The summed E-state index contributed by atoms with van der Waals surface area (Å²) < 4.78 is 26.9. The third-order valence-electron chi connectivity index (χ3n) is 6.69. The first-order valence-electron chi connectivity index (χ1n) is 13.1. The van der Waals surface area contributed by atoms with E-state index in [1.165, 1.54) is 13.1 Å². The fourth-order valence-corrected chi connectivity index (χ4v) is 4.93. The minimum Gasteiger partial charge on any atom is -0.372 e. The number of nitrogens with zero attached hydrogens (tertiary/aromatic N) is 3. The van der Waals surface area contributed by atoms with Gasteiger partial charge in [0.15, 0.2) is 23.7 Å². The maximum absolute atomic E-state index is 15.1. The minimum absolute atomic E-state index is 0.0554. The summed E-state index contributed by atoms with van der Waals surface area (Å²) >= 11 is 6.14. The molecule has 0 saturated carbocycles. The van der Waals surface area contributed by atoms with Crippen molar-refractivity contribution in [1.82, 2.24) is 25.3 Å². The van der Waals surface area contributed by atoms with Crippen LogP contribution in [0.1, 0.15) is 47.0 Å². The number of aromatic amines is 1. The van der Waals surface area contributed by atoms with E-state index in [-0.39, 0.29) is 23.7 Å². The molecule has 12 heteroatoms. The summed E-state index contributed by atoms with van der Waals surface area (Å²) in [6, 6.07) is 0.478. The summed E-state index contributed by atoms with van der Waals surface area (Å²) in [5.41, 5.74) is 1.76. The first-order chi connectivity index (χ1) is 18.7. The van der Waals surface area contributed by atoms with Crippen molar-refractivity contribution in [1.29, 1.82) is 0 Å². The van der Waals surface area contributed by atoms with Crippen LogP contribution in [0.25, 0.3) is 22.4 Å². The Morgan fingerprint density at radius 1 is 1.28 bits per heavy atom. The Balaban J connectivity index is 1.73. The number of aliphatic hydroxyl groups is 1. The number of rotatable bonds is 11. The molecule has 1 amide bonds. The smallest absolute Gasteiger partial charge is 0.217 e. The highest BCUT2D eigenvalue weighted by atomic mass is 35.5. The van der Waals surface area contributed by atoms with Gasteiger partial charge in [-0.05, 0) is 31.4 Å². The lowest BCUT2D eigenvalue weighted by molar-refractivity contribution is -0.122. The number of aromatic nitrogens is 4. The van der Waals surface area contributed by atoms with Crippen LogP contribution < -0.4 is 10.6 Å². The normalized spacial score (nSPS) is 20.2. The number of hydrogen-bond acceptors (Lipinski definition) is 8. The number of carbonyl (C=O) groups excluding carboxylic acids is 1. The zero-order chi connectivity index (χ0) is 28.1. The zero-order valence-corrected chi connectivity index (χ0v) is 23.1. The summed E-state index contributed by atoms with van der Waals surface area (Å²) in [5, 5.41) is 17.9. The van der Waals surface area contributed by atoms with Gasteiger partial charge in [-0.25, -0.2) is 19.3 Å². The average Bonchev–Trinajstić information content (AvgIpc) is 3.32. The van der Waals surface area contributed by atoms with Crippen molar-refractivity contribution in [3.63, 3.8) is 0 Å². The van der Waals surface area contributed by atoms with Crippen LogP contribution in [0.15, 0.2) is 36.3 Å². The zero-order valence-electron chi connectivity index (χ0n) is 22.4. The van der Waals surface area contributed by atoms with E-state index in [2.05, 4.69) is 30.6 Å². The van der Waals surface area contributed by atoms with E-state index in [0.717, 1.165) is 19.0 Å². The number of ether oxygens (including phenoxy) is 2. The second kappa shape index (κ2) is 12.8. The van der Waals surface area contributed by atoms with E-state index < -0.39 is 30.3 Å². The summed E-state index contributed by atoms with van der Waals surface area (Å²) in [5.74, 6) is -0.766. The quantitative estimate of drug-likeness (QED) is 0.201. The Morgan fingerprint density at radius 2 is 2.05 bits per heavy atom. The van der Waals surface area contributed by atoms with E-state index in [9.17, 15) is 9.90 Å². The monoisotopic (exact) mass is 560 g/mol. The first-order valence-corrected chi connectivity index (χ1v) is 13.5. The van der Waals surface area contributed by atoms with E-state index in [4.69, 9.17) is 21.1 Å². The molecule has 0 aromatic carbocycles. The number of aliphatic hydroxyl groups excluding tert-OH is 1. The Morgan fingerprint density at radius 3 is 2.74 bits per heavy atom. The maximum Gasteiger partial charge on any atom is 0.217 e. The highest BCUT2D eigenvalue weighted by Crippen LogP contribution is 2.31. The molecule has 10 nitrogen and oxygen atoms in total. The SMILES string of the molecule is CCOC(O)C1=CC(Nc2nc(-c3c[nH]c4ncc(Cl)cc34)ncc2F)C(NC(C)=O)C(OC(CC)CC)C1. The van der Waals surface area contributed by atoms with Gasteiger partial charge >= 0.3 is 0 Å². The molecule has 4 N–H and O–H groups in total. The van der Waals surface area contributed by atoms with E-state index in [0.29, 0.717) is 40.2 Å². The van der Waals surface area contributed by atoms with Crippen LogP contribution >= 0.6 is 11.6 Å². The van der Waals surface area contributed by atoms with Crippen molar-refractivity contribution in [3.8, 4) is 11.4 Å². The van der Waals surface area contributed by atoms with Crippen LogP contribution in [-0.4, -0.2) is 68.1 Å². The number of halogens is 2. The van der Waals surface area contributed by atoms with Crippen LogP contribution in [0.4, 0.5) is 10.2 Å². The fourth-order valence-electron chi connectivity index (χ4n) is 4.77. The molecular formula is C27H34ClFN6O4. The second-order valence-corrected chi connectivity index (χ2v) is 9.84. The molecule has 3 heterocycles. The molecule has 4 rings (SSSR count). The van der Waals surface area contributed by atoms with Gasteiger partial charge in [0.1, 0.15) is 5.65 Å². The highest BCUT2D eigenvalue weighted by Gasteiger charge is 2.38. The topological polar surface area (TPSA) is 134 Å². The predicted octanol–water partition coefficient (Wildman–Crippen LogP) is 4.36. The van der Waals surface area contributed by atoms with Gasteiger partial charge in [-0.3, -0.25) is 4.79 Å². The van der Waals surface area contributed by atoms with E-state index in [1.807, 2.05) is 13.8 Å². The predicted molar refractivity (Wildman–Crippen MR) is 147 cm³/mol. The van der Waals surface area contributed by atoms with Crippen molar-refractivity contribution in [3.05, 3.63) is 47.1 Å². The molecule has 0 bridgehead atoms. The molecule has 1 aliphatic rings. The van der Waals surface area contributed by atoms with Gasteiger partial charge in [0.05, 0.1) is 35.5 Å². The van der Waals surface area contributed by atoms with Gasteiger partial charge in [-0.15, -0.1) is 0 Å². The minimum atomic E-state index is -1.17. The number of pyridine rings is 1. The molecule has 0 saturated heterocycles. The molecule has 0 fully saturated rings. The summed E-state index contributed by atoms with van der Waals surface area (Å²) in [4.78, 5) is 28.2. The van der Waals surface area contributed by atoms with Crippen LogP contribution in [-0.2, 0) is 14.3 Å². The average molecular weight is 561 g/mol. The summed E-state index contributed by atoms with van der Waals surface area (Å²) in [6.45, 7) is 7.55. The molecule has 4 unspecified atom stereocenters. The largest absolute Gasteiger partial charge is 0.372 e. The number of fused-ring (bicyclic) bond motifs is 1. The van der Waals surface area contributed by atoms with Crippen LogP contribution in [0, 0.1) is 5.82 Å². The maximum atomic E-state index is 15.1. The number of carbonyl (C=O) groups is 1. The van der Waals surface area contributed by atoms with Crippen molar-refractivity contribution in [2.45, 2.75) is 77.5 Å². The summed E-state index contributed by atoms with van der Waals surface area (Å²) in [7, 11) is 0.